The number of ketones is 1. The topological polar surface area (TPSA) is 54.4 Å². The maximum absolute atomic E-state index is 12.6. The number of fused-ring (bicyclic) bond motifs is 4. The van der Waals surface area contributed by atoms with Crippen LogP contribution in [0.25, 0.3) is 0 Å². The van der Waals surface area contributed by atoms with Gasteiger partial charge in [-0.2, -0.15) is 0 Å². The van der Waals surface area contributed by atoms with Crippen LogP contribution >= 0.6 is 0 Å². The van der Waals surface area contributed by atoms with E-state index in [4.69, 9.17) is 0 Å². The maximum atomic E-state index is 12.6. The molecule has 4 aliphatic carbocycles. The molecule has 3 nitrogen and oxygen atoms in total. The fourth-order valence-corrected chi connectivity index (χ4v) is 7.04. The summed E-state index contributed by atoms with van der Waals surface area (Å²) in [6.07, 6.45) is 9.95. The van der Waals surface area contributed by atoms with Gasteiger partial charge in [0.15, 0.2) is 5.78 Å². The lowest BCUT2D eigenvalue weighted by atomic mass is 9.81. The number of aryl methyl sites for hydroxylation is 2. The number of hydrogen-bond donors (Lipinski definition) is 1. The van der Waals surface area contributed by atoms with Gasteiger partial charge in [-0.1, -0.05) is 12.1 Å². The number of aromatic carboxylic acids is 1. The highest BCUT2D eigenvalue weighted by atomic mass is 16.4. The van der Waals surface area contributed by atoms with Crippen LogP contribution in [0.5, 0.6) is 0 Å². The summed E-state index contributed by atoms with van der Waals surface area (Å²) in [5.74, 6) is -0.547. The summed E-state index contributed by atoms with van der Waals surface area (Å²) in [4.78, 5) is 24.8. The van der Waals surface area contributed by atoms with Gasteiger partial charge in [-0.3, -0.25) is 4.79 Å². The molecular weight excluding hydrogens is 360 g/mol. The van der Waals surface area contributed by atoms with Crippen molar-refractivity contribution >= 4 is 11.8 Å². The van der Waals surface area contributed by atoms with Gasteiger partial charge in [-0.25, -0.2) is 4.79 Å². The lowest BCUT2D eigenvalue weighted by Crippen LogP contribution is -2.22. The van der Waals surface area contributed by atoms with Gasteiger partial charge < -0.3 is 5.11 Å². The molecule has 0 unspecified atom stereocenters. The van der Waals surface area contributed by atoms with Crippen molar-refractivity contribution in [3.63, 3.8) is 0 Å². The third-order valence-corrected chi connectivity index (χ3v) is 8.00. The van der Waals surface area contributed by atoms with E-state index < -0.39 is 5.97 Å². The number of Topliss-reactive ketones (excluding diaryl/α,β-unsaturated/α-hetero) is 1. The molecular formula is C26H26O3. The fourth-order valence-electron chi connectivity index (χ4n) is 7.04. The van der Waals surface area contributed by atoms with E-state index in [1.807, 2.05) is 0 Å². The molecule has 0 saturated heterocycles. The van der Waals surface area contributed by atoms with E-state index in [-0.39, 0.29) is 11.2 Å². The van der Waals surface area contributed by atoms with Crippen molar-refractivity contribution in [2.24, 2.45) is 5.41 Å². The molecule has 1 spiro atoms. The minimum Gasteiger partial charge on any atom is -0.478 e. The van der Waals surface area contributed by atoms with Gasteiger partial charge in [-0.05, 0) is 121 Å². The third kappa shape index (κ3) is 2.36. The molecule has 29 heavy (non-hydrogen) atoms. The van der Waals surface area contributed by atoms with E-state index in [0.717, 1.165) is 80.9 Å². The van der Waals surface area contributed by atoms with E-state index in [0.29, 0.717) is 5.56 Å². The molecule has 0 amide bonds. The normalized spacial score (nSPS) is 23.2. The Labute approximate surface area is 171 Å². The maximum Gasteiger partial charge on any atom is 0.336 e. The van der Waals surface area contributed by atoms with Crippen LogP contribution in [0.2, 0.25) is 0 Å². The molecule has 4 aliphatic rings. The lowest BCUT2D eigenvalue weighted by molar-refractivity contribution is 0.0694. The van der Waals surface area contributed by atoms with E-state index in [1.54, 1.807) is 6.92 Å². The van der Waals surface area contributed by atoms with Gasteiger partial charge in [0.05, 0.1) is 5.56 Å². The largest absolute Gasteiger partial charge is 0.478 e. The Hall–Kier alpha value is -2.42. The average Bonchev–Trinajstić information content (AvgIpc) is 3.41. The Balaban J connectivity index is 1.45. The molecule has 0 aromatic heterocycles. The molecule has 148 valence electrons. The predicted molar refractivity (Wildman–Crippen MR) is 111 cm³/mol. The Bertz CT molecular complexity index is 1030. The smallest absolute Gasteiger partial charge is 0.336 e. The quantitative estimate of drug-likeness (QED) is 0.776. The minimum atomic E-state index is -0.754. The summed E-state index contributed by atoms with van der Waals surface area (Å²) in [5, 5.41) is 10.0. The second-order valence-corrected chi connectivity index (χ2v) is 9.83. The zero-order chi connectivity index (χ0) is 19.9. The van der Waals surface area contributed by atoms with Crippen molar-refractivity contribution in [1.29, 1.82) is 0 Å². The number of carboxylic acids is 1. The van der Waals surface area contributed by atoms with E-state index in [2.05, 4.69) is 12.1 Å². The Morgan fingerprint density at radius 2 is 1.24 bits per heavy atom. The first kappa shape index (κ1) is 17.4. The molecule has 0 radical (unpaired) electrons. The van der Waals surface area contributed by atoms with Gasteiger partial charge >= 0.3 is 5.97 Å². The van der Waals surface area contributed by atoms with Crippen molar-refractivity contribution in [3.8, 4) is 0 Å². The zero-order valence-corrected chi connectivity index (χ0v) is 17.0. The van der Waals surface area contributed by atoms with E-state index in [9.17, 15) is 14.7 Å². The lowest BCUT2D eigenvalue weighted by Gasteiger charge is -2.22. The van der Waals surface area contributed by atoms with Crippen LogP contribution in [0.1, 0.15) is 85.0 Å². The van der Waals surface area contributed by atoms with Crippen molar-refractivity contribution < 1.29 is 14.7 Å². The summed E-state index contributed by atoms with van der Waals surface area (Å²) >= 11 is 0. The fraction of sp³-hybridized carbons (Fsp3) is 0.462. The van der Waals surface area contributed by atoms with E-state index >= 15 is 0 Å². The molecule has 0 saturated carbocycles. The molecule has 2 aromatic rings. The minimum absolute atomic E-state index is 0.0588. The first-order chi connectivity index (χ1) is 14.0. The SMILES string of the molecule is CC(=O)c1c2c(cc3c1C[C@@]1(C3)Cc3cc4c(c(C(=O)O)c3C1)CCC4)CCC2. The van der Waals surface area contributed by atoms with Gasteiger partial charge in [0.2, 0.25) is 0 Å². The van der Waals surface area contributed by atoms with Crippen LogP contribution in [-0.4, -0.2) is 16.9 Å². The predicted octanol–water partition coefficient (Wildman–Crippen LogP) is 4.45. The van der Waals surface area contributed by atoms with E-state index in [1.165, 1.54) is 33.4 Å². The molecule has 1 atom stereocenters. The van der Waals surface area contributed by atoms with Crippen LogP contribution in [-0.2, 0) is 51.4 Å². The van der Waals surface area contributed by atoms with Crippen LogP contribution in [0.3, 0.4) is 0 Å². The summed E-state index contributed by atoms with van der Waals surface area (Å²) in [7, 11) is 0. The van der Waals surface area contributed by atoms with Crippen LogP contribution < -0.4 is 0 Å². The molecule has 0 aliphatic heterocycles. The number of carboxylic acid groups (broad SMARTS) is 1. The highest BCUT2D eigenvalue weighted by Gasteiger charge is 2.46. The van der Waals surface area contributed by atoms with Crippen molar-refractivity contribution in [3.05, 3.63) is 67.8 Å². The van der Waals surface area contributed by atoms with Gasteiger partial charge in [-0.15, -0.1) is 0 Å². The Morgan fingerprint density at radius 1 is 0.724 bits per heavy atom. The van der Waals surface area contributed by atoms with Gasteiger partial charge in [0.25, 0.3) is 0 Å². The highest BCUT2D eigenvalue weighted by molar-refractivity contribution is 5.98. The number of benzene rings is 2. The Kier molecular flexibility index (Phi) is 3.49. The van der Waals surface area contributed by atoms with Crippen LogP contribution in [0, 0.1) is 5.41 Å². The second kappa shape index (κ2) is 5.81. The second-order valence-electron chi connectivity index (χ2n) is 9.83. The first-order valence-corrected chi connectivity index (χ1v) is 11.0. The Morgan fingerprint density at radius 3 is 1.76 bits per heavy atom. The first-order valence-electron chi connectivity index (χ1n) is 11.0. The molecule has 2 aromatic carbocycles. The van der Waals surface area contributed by atoms with Crippen LogP contribution in [0.4, 0.5) is 0 Å². The molecule has 0 bridgehead atoms. The number of hydrogen-bond acceptors (Lipinski definition) is 2. The van der Waals surface area contributed by atoms with Crippen molar-refractivity contribution in [1.82, 2.24) is 0 Å². The third-order valence-electron chi connectivity index (χ3n) is 8.00. The average molecular weight is 386 g/mol. The van der Waals surface area contributed by atoms with Crippen molar-refractivity contribution in [2.75, 3.05) is 0 Å². The van der Waals surface area contributed by atoms with Gasteiger partial charge in [0.1, 0.15) is 0 Å². The molecule has 1 N–H and O–H groups in total. The molecule has 0 fully saturated rings. The summed E-state index contributed by atoms with van der Waals surface area (Å²) in [5.41, 5.74) is 11.7. The number of carbonyl (C=O) groups excluding carboxylic acids is 1. The molecule has 6 rings (SSSR count). The summed E-state index contributed by atoms with van der Waals surface area (Å²) in [6.45, 7) is 1.72. The standard InChI is InChI=1S/C26H26O3/c1-14(27)23-19-6-2-4-15(19)8-17-10-26(12-21(17)23)11-18-9-16-5-3-7-20(16)24(25(28)29)22(18)13-26/h8-9H,2-7,10-13H2,1H3,(H,28,29)/t26-/m1/s1. The van der Waals surface area contributed by atoms with Crippen LogP contribution in [0.15, 0.2) is 12.1 Å². The highest BCUT2D eigenvalue weighted by Crippen LogP contribution is 2.51. The number of rotatable bonds is 2. The zero-order valence-electron chi connectivity index (χ0n) is 17.0. The number of carbonyl (C=O) groups is 2. The molecule has 3 heteroatoms. The summed E-state index contributed by atoms with van der Waals surface area (Å²) in [6, 6.07) is 4.69. The van der Waals surface area contributed by atoms with Gasteiger partial charge in [0, 0.05) is 5.56 Å². The molecule has 0 heterocycles. The van der Waals surface area contributed by atoms with Crippen molar-refractivity contribution in [2.45, 2.75) is 71.1 Å². The monoisotopic (exact) mass is 386 g/mol. The summed E-state index contributed by atoms with van der Waals surface area (Å²) < 4.78 is 0.